The van der Waals surface area contributed by atoms with Crippen LogP contribution >= 0.6 is 0 Å². The topological polar surface area (TPSA) is 44.5 Å². The minimum absolute atomic E-state index is 0.711. The van der Waals surface area contributed by atoms with Crippen LogP contribution in [0.1, 0.15) is 44.9 Å². The molecule has 19 heavy (non-hydrogen) atoms. The first-order valence-corrected chi connectivity index (χ1v) is 7.36. The molecule has 1 saturated carbocycles. The third-order valence-corrected chi connectivity index (χ3v) is 3.93. The molecule has 0 unspecified atom stereocenters. The van der Waals surface area contributed by atoms with E-state index in [0.717, 1.165) is 30.4 Å². The third-order valence-electron chi connectivity index (χ3n) is 3.93. The van der Waals surface area contributed by atoms with Gasteiger partial charge in [0.1, 0.15) is 0 Å². The van der Waals surface area contributed by atoms with Gasteiger partial charge in [-0.15, -0.1) is 0 Å². The van der Waals surface area contributed by atoms with Crippen LogP contribution in [0.15, 0.2) is 18.2 Å². The van der Waals surface area contributed by atoms with Crippen LogP contribution in [0.5, 0.6) is 11.5 Å². The second kappa shape index (κ2) is 7.27. The summed E-state index contributed by atoms with van der Waals surface area (Å²) in [6.07, 6.45) is 9.45. The third kappa shape index (κ3) is 4.34. The second-order valence-electron chi connectivity index (χ2n) is 5.41. The Morgan fingerprint density at radius 3 is 2.68 bits per heavy atom. The highest BCUT2D eigenvalue weighted by atomic mass is 16.5. The molecule has 2 N–H and O–H groups in total. The fourth-order valence-corrected chi connectivity index (χ4v) is 2.84. The van der Waals surface area contributed by atoms with Gasteiger partial charge in [0.15, 0.2) is 11.5 Å². The molecule has 0 spiro atoms. The summed E-state index contributed by atoms with van der Waals surface area (Å²) in [6, 6.07) is 5.51. The quantitative estimate of drug-likeness (QED) is 0.623. The van der Waals surface area contributed by atoms with Crippen LogP contribution in [0.3, 0.4) is 0 Å². The lowest BCUT2D eigenvalue weighted by Crippen LogP contribution is -2.08. The summed E-state index contributed by atoms with van der Waals surface area (Å²) >= 11 is 0. The number of hydrogen-bond donors (Lipinski definition) is 1. The molecule has 1 aliphatic carbocycles. The molecule has 1 aromatic rings. The van der Waals surface area contributed by atoms with Crippen LogP contribution in [0.4, 0.5) is 5.69 Å². The number of hydrogen-bond acceptors (Lipinski definition) is 3. The smallest absolute Gasteiger partial charge is 0.163 e. The van der Waals surface area contributed by atoms with Crippen molar-refractivity contribution in [3.05, 3.63) is 18.2 Å². The number of rotatable bonds is 6. The van der Waals surface area contributed by atoms with E-state index in [9.17, 15) is 0 Å². The minimum Gasteiger partial charge on any atom is -0.493 e. The number of anilines is 1. The first-order chi connectivity index (χ1) is 9.29. The van der Waals surface area contributed by atoms with Gasteiger partial charge in [-0.25, -0.2) is 0 Å². The number of methoxy groups -OCH3 is 1. The molecule has 0 bridgehead atoms. The van der Waals surface area contributed by atoms with Crippen molar-refractivity contribution in [1.82, 2.24) is 0 Å². The van der Waals surface area contributed by atoms with E-state index in [0.29, 0.717) is 5.69 Å². The lowest BCUT2D eigenvalue weighted by molar-refractivity contribution is 0.259. The van der Waals surface area contributed by atoms with Crippen LogP contribution in [-0.2, 0) is 0 Å². The molecular formula is C16H25NO2. The van der Waals surface area contributed by atoms with Crippen molar-refractivity contribution < 1.29 is 9.47 Å². The van der Waals surface area contributed by atoms with E-state index in [4.69, 9.17) is 15.2 Å². The highest BCUT2D eigenvalue weighted by molar-refractivity contribution is 5.51. The Labute approximate surface area is 116 Å². The van der Waals surface area contributed by atoms with Crippen LogP contribution in [0, 0.1) is 5.92 Å². The lowest BCUT2D eigenvalue weighted by Gasteiger charge is -2.21. The predicted molar refractivity (Wildman–Crippen MR) is 78.7 cm³/mol. The Morgan fingerprint density at radius 1 is 1.16 bits per heavy atom. The molecule has 106 valence electrons. The fourth-order valence-electron chi connectivity index (χ4n) is 2.84. The molecule has 1 aromatic carbocycles. The summed E-state index contributed by atoms with van der Waals surface area (Å²) in [7, 11) is 1.65. The summed E-state index contributed by atoms with van der Waals surface area (Å²) in [4.78, 5) is 0. The van der Waals surface area contributed by atoms with Gasteiger partial charge in [0, 0.05) is 11.8 Å². The van der Waals surface area contributed by atoms with Crippen LogP contribution in [0.2, 0.25) is 0 Å². The maximum absolute atomic E-state index is 5.79. The zero-order valence-electron chi connectivity index (χ0n) is 11.9. The maximum atomic E-state index is 5.79. The Hall–Kier alpha value is -1.38. The predicted octanol–water partition coefficient (Wildman–Crippen LogP) is 4.02. The standard InChI is InChI=1S/C16H25NO2/c1-18-15-10-9-14(17)12-16(15)19-11-5-8-13-6-3-2-4-7-13/h9-10,12-13H,2-8,11,17H2,1H3. The molecule has 1 fully saturated rings. The van der Waals surface area contributed by atoms with Gasteiger partial charge >= 0.3 is 0 Å². The lowest BCUT2D eigenvalue weighted by atomic mass is 9.86. The molecule has 0 aromatic heterocycles. The summed E-state index contributed by atoms with van der Waals surface area (Å²) in [6.45, 7) is 0.746. The van der Waals surface area contributed by atoms with Gasteiger partial charge in [-0.2, -0.15) is 0 Å². The zero-order valence-corrected chi connectivity index (χ0v) is 11.9. The Bertz CT molecular complexity index is 386. The number of benzene rings is 1. The van der Waals surface area contributed by atoms with E-state index in [1.54, 1.807) is 7.11 Å². The highest BCUT2D eigenvalue weighted by Gasteiger charge is 2.13. The normalized spacial score (nSPS) is 16.3. The second-order valence-corrected chi connectivity index (χ2v) is 5.41. The highest BCUT2D eigenvalue weighted by Crippen LogP contribution is 2.30. The van der Waals surface area contributed by atoms with E-state index in [-0.39, 0.29) is 0 Å². The summed E-state index contributed by atoms with van der Waals surface area (Å²) < 4.78 is 11.1. The SMILES string of the molecule is COc1ccc(N)cc1OCCCC1CCCCC1. The molecule has 0 radical (unpaired) electrons. The van der Waals surface area contributed by atoms with Gasteiger partial charge < -0.3 is 15.2 Å². The van der Waals surface area contributed by atoms with Gasteiger partial charge in [-0.3, -0.25) is 0 Å². The van der Waals surface area contributed by atoms with Crippen molar-refractivity contribution >= 4 is 5.69 Å². The Balaban J connectivity index is 1.74. The van der Waals surface area contributed by atoms with Crippen LogP contribution in [0.25, 0.3) is 0 Å². The van der Waals surface area contributed by atoms with E-state index < -0.39 is 0 Å². The molecule has 0 heterocycles. The monoisotopic (exact) mass is 263 g/mol. The van der Waals surface area contributed by atoms with Gasteiger partial charge in [-0.05, 0) is 30.9 Å². The summed E-state index contributed by atoms with van der Waals surface area (Å²) in [5.41, 5.74) is 6.48. The molecule has 3 heteroatoms. The van der Waals surface area contributed by atoms with Crippen molar-refractivity contribution in [2.45, 2.75) is 44.9 Å². The number of ether oxygens (including phenoxy) is 2. The van der Waals surface area contributed by atoms with Crippen molar-refractivity contribution in [1.29, 1.82) is 0 Å². The summed E-state index contributed by atoms with van der Waals surface area (Å²) in [5, 5.41) is 0. The molecule has 2 rings (SSSR count). The Morgan fingerprint density at radius 2 is 1.95 bits per heavy atom. The van der Waals surface area contributed by atoms with E-state index >= 15 is 0 Å². The molecule has 0 saturated heterocycles. The van der Waals surface area contributed by atoms with Crippen molar-refractivity contribution in [3.63, 3.8) is 0 Å². The molecule has 0 aliphatic heterocycles. The van der Waals surface area contributed by atoms with Crippen LogP contribution < -0.4 is 15.2 Å². The average molecular weight is 263 g/mol. The largest absolute Gasteiger partial charge is 0.493 e. The molecular weight excluding hydrogens is 238 g/mol. The van der Waals surface area contributed by atoms with E-state index in [2.05, 4.69) is 0 Å². The number of nitrogen functional groups attached to an aromatic ring is 1. The fraction of sp³-hybridized carbons (Fsp3) is 0.625. The molecule has 0 atom stereocenters. The minimum atomic E-state index is 0.711. The van der Waals surface area contributed by atoms with Crippen molar-refractivity contribution in [3.8, 4) is 11.5 Å². The maximum Gasteiger partial charge on any atom is 0.163 e. The van der Waals surface area contributed by atoms with Crippen molar-refractivity contribution in [2.75, 3.05) is 19.5 Å². The zero-order chi connectivity index (χ0) is 13.5. The van der Waals surface area contributed by atoms with Gasteiger partial charge in [0.25, 0.3) is 0 Å². The van der Waals surface area contributed by atoms with Gasteiger partial charge in [0.05, 0.1) is 13.7 Å². The molecule has 3 nitrogen and oxygen atoms in total. The van der Waals surface area contributed by atoms with Crippen LogP contribution in [-0.4, -0.2) is 13.7 Å². The first-order valence-electron chi connectivity index (χ1n) is 7.36. The number of nitrogens with two attached hydrogens (primary N) is 1. The van der Waals surface area contributed by atoms with E-state index in [1.807, 2.05) is 18.2 Å². The van der Waals surface area contributed by atoms with Gasteiger partial charge in [-0.1, -0.05) is 32.1 Å². The summed E-state index contributed by atoms with van der Waals surface area (Å²) in [5.74, 6) is 2.43. The Kier molecular flexibility index (Phi) is 5.37. The average Bonchev–Trinajstić information content (AvgIpc) is 2.45. The van der Waals surface area contributed by atoms with Crippen molar-refractivity contribution in [2.24, 2.45) is 5.92 Å². The van der Waals surface area contributed by atoms with Gasteiger partial charge in [0.2, 0.25) is 0 Å². The van der Waals surface area contributed by atoms with E-state index in [1.165, 1.54) is 38.5 Å². The molecule has 1 aliphatic rings. The molecule has 0 amide bonds. The first kappa shape index (κ1) is 14.0.